The number of rotatable bonds is 4. The van der Waals surface area contributed by atoms with E-state index in [9.17, 15) is 65.9 Å². The molecule has 0 aliphatic carbocycles. The monoisotopic (exact) mass is 622 g/mol. The number of benzene rings is 3. The van der Waals surface area contributed by atoms with E-state index in [1.54, 1.807) is 0 Å². The summed E-state index contributed by atoms with van der Waals surface area (Å²) >= 11 is 0. The van der Waals surface area contributed by atoms with Crippen LogP contribution in [-0.4, -0.2) is 0 Å². The Hall–Kier alpha value is -4.26. The van der Waals surface area contributed by atoms with Gasteiger partial charge in [0.1, 0.15) is 28.2 Å². The number of nitrogens with two attached hydrogens (primary N) is 2. The number of hydrogen-bond acceptors (Lipinski definition) is 4. The standard InChI is InChI=1S/C21H6F16N2O2/c22-10-3(38)1-5(7(12(10)24)19(29,30)31)40-17-9(21(35,36)37)14(26)15(27)18(16(17)28)41-6-2-4(39)11(23)13(25)8(6)20(32,33)34/h1-2H,38-39H2. The van der Waals surface area contributed by atoms with Gasteiger partial charge in [0.15, 0.2) is 34.8 Å². The molecule has 3 aromatic carbocycles. The number of anilines is 2. The highest BCUT2D eigenvalue weighted by molar-refractivity contribution is 5.57. The van der Waals surface area contributed by atoms with Crippen molar-refractivity contribution in [2.75, 3.05) is 11.5 Å². The minimum absolute atomic E-state index is 0.270. The second-order valence-corrected chi connectivity index (χ2v) is 7.61. The molecule has 20 heteroatoms. The van der Waals surface area contributed by atoms with Crippen molar-refractivity contribution in [1.29, 1.82) is 0 Å². The second-order valence-electron chi connectivity index (χ2n) is 7.61. The summed E-state index contributed by atoms with van der Waals surface area (Å²) in [5.74, 6) is -29.8. The van der Waals surface area contributed by atoms with Crippen molar-refractivity contribution < 1.29 is 79.7 Å². The van der Waals surface area contributed by atoms with Crippen LogP contribution in [0.25, 0.3) is 0 Å². The third-order valence-electron chi connectivity index (χ3n) is 4.91. The Balaban J connectivity index is 2.41. The Morgan fingerprint density at radius 3 is 1.07 bits per heavy atom. The zero-order valence-corrected chi connectivity index (χ0v) is 18.7. The topological polar surface area (TPSA) is 70.5 Å². The third-order valence-corrected chi connectivity index (χ3v) is 4.91. The molecule has 0 heterocycles. The van der Waals surface area contributed by atoms with Crippen LogP contribution in [0.2, 0.25) is 0 Å². The van der Waals surface area contributed by atoms with Gasteiger partial charge >= 0.3 is 18.5 Å². The van der Waals surface area contributed by atoms with E-state index in [-0.39, 0.29) is 12.1 Å². The van der Waals surface area contributed by atoms with Crippen molar-refractivity contribution in [2.45, 2.75) is 18.5 Å². The van der Waals surface area contributed by atoms with E-state index in [1.807, 2.05) is 0 Å². The van der Waals surface area contributed by atoms with Gasteiger partial charge in [0.05, 0.1) is 11.4 Å². The lowest BCUT2D eigenvalue weighted by Crippen LogP contribution is -2.18. The fourth-order valence-corrected chi connectivity index (χ4v) is 3.21. The number of alkyl halides is 9. The van der Waals surface area contributed by atoms with Gasteiger partial charge in [-0.3, -0.25) is 0 Å². The van der Waals surface area contributed by atoms with E-state index >= 15 is 4.39 Å². The number of nitrogen functional groups attached to an aromatic ring is 2. The lowest BCUT2D eigenvalue weighted by Gasteiger charge is -2.22. The van der Waals surface area contributed by atoms with E-state index in [1.165, 1.54) is 0 Å². The smallest absolute Gasteiger partial charge is 0.423 e. The Kier molecular flexibility index (Phi) is 7.61. The molecule has 4 N–H and O–H groups in total. The van der Waals surface area contributed by atoms with Gasteiger partial charge in [-0.1, -0.05) is 0 Å². The molecular weight excluding hydrogens is 616 g/mol. The summed E-state index contributed by atoms with van der Waals surface area (Å²) in [6.07, 6.45) is -18.2. The van der Waals surface area contributed by atoms with Crippen molar-refractivity contribution in [2.24, 2.45) is 0 Å². The molecule has 0 saturated heterocycles. The number of ether oxygens (including phenoxy) is 2. The van der Waals surface area contributed by atoms with Crippen molar-refractivity contribution in [1.82, 2.24) is 0 Å². The molecule has 4 nitrogen and oxygen atoms in total. The van der Waals surface area contributed by atoms with Crippen LogP contribution in [0.4, 0.5) is 81.6 Å². The van der Waals surface area contributed by atoms with Crippen molar-refractivity contribution in [3.63, 3.8) is 0 Å². The summed E-state index contributed by atoms with van der Waals surface area (Å²) in [5, 5.41) is 0. The highest BCUT2D eigenvalue weighted by Crippen LogP contribution is 2.51. The summed E-state index contributed by atoms with van der Waals surface area (Å²) in [5.41, 5.74) is -2.11. The maximum absolute atomic E-state index is 15.2. The molecule has 0 atom stereocenters. The van der Waals surface area contributed by atoms with Crippen LogP contribution in [0.15, 0.2) is 12.1 Å². The molecule has 0 aromatic heterocycles. The minimum atomic E-state index is -6.26. The second kappa shape index (κ2) is 9.98. The summed E-state index contributed by atoms with van der Waals surface area (Å²) in [7, 11) is 0. The van der Waals surface area contributed by atoms with Crippen molar-refractivity contribution >= 4 is 11.4 Å². The fourth-order valence-electron chi connectivity index (χ4n) is 3.21. The van der Waals surface area contributed by atoms with Crippen LogP contribution in [0.3, 0.4) is 0 Å². The van der Waals surface area contributed by atoms with Gasteiger partial charge in [-0.2, -0.15) is 48.3 Å². The molecule has 0 aliphatic rings. The SMILES string of the molecule is Nc1cc(Oc2c(F)c(F)c(C(F)(F)F)c(Oc3cc(N)c(F)c(F)c3C(F)(F)F)c2F)c(C(F)(F)F)c(F)c1F. The van der Waals surface area contributed by atoms with Gasteiger partial charge in [-0.25, -0.2) is 22.0 Å². The molecule has 0 unspecified atom stereocenters. The molecule has 41 heavy (non-hydrogen) atoms. The third kappa shape index (κ3) is 5.53. The van der Waals surface area contributed by atoms with Gasteiger partial charge in [0.2, 0.25) is 17.4 Å². The average Bonchev–Trinajstić information content (AvgIpc) is 2.79. The molecule has 0 fully saturated rings. The van der Waals surface area contributed by atoms with Gasteiger partial charge in [-0.15, -0.1) is 0 Å². The van der Waals surface area contributed by atoms with Gasteiger partial charge < -0.3 is 20.9 Å². The Bertz CT molecular complexity index is 1540. The minimum Gasteiger partial charge on any atom is -0.453 e. The molecule has 0 spiro atoms. The highest BCUT2D eigenvalue weighted by Gasteiger charge is 2.47. The van der Waals surface area contributed by atoms with Crippen LogP contribution in [0.5, 0.6) is 23.0 Å². The van der Waals surface area contributed by atoms with Crippen LogP contribution in [0, 0.1) is 40.7 Å². The van der Waals surface area contributed by atoms with Crippen LogP contribution >= 0.6 is 0 Å². The highest BCUT2D eigenvalue weighted by atomic mass is 19.4. The molecule has 0 radical (unpaired) electrons. The zero-order valence-electron chi connectivity index (χ0n) is 18.7. The first kappa shape index (κ1) is 31.3. The van der Waals surface area contributed by atoms with Gasteiger partial charge in [0.25, 0.3) is 0 Å². The maximum Gasteiger partial charge on any atom is 0.423 e. The quantitative estimate of drug-likeness (QED) is 0.174. The molecule has 3 rings (SSSR count). The maximum atomic E-state index is 15.2. The summed E-state index contributed by atoms with van der Waals surface area (Å²) in [6, 6.07) is -0.603. The van der Waals surface area contributed by atoms with E-state index in [4.69, 9.17) is 11.5 Å². The Morgan fingerprint density at radius 1 is 0.415 bits per heavy atom. The summed E-state index contributed by atoms with van der Waals surface area (Å²) in [4.78, 5) is 0. The largest absolute Gasteiger partial charge is 0.453 e. The first-order valence-corrected chi connectivity index (χ1v) is 9.82. The Morgan fingerprint density at radius 2 is 0.732 bits per heavy atom. The zero-order chi connectivity index (χ0) is 31.6. The molecule has 224 valence electrons. The van der Waals surface area contributed by atoms with Crippen molar-refractivity contribution in [3.8, 4) is 23.0 Å². The van der Waals surface area contributed by atoms with Crippen LogP contribution in [-0.2, 0) is 18.5 Å². The van der Waals surface area contributed by atoms with Gasteiger partial charge in [-0.05, 0) is 0 Å². The Labute approximate surface area is 214 Å². The van der Waals surface area contributed by atoms with E-state index in [0.717, 1.165) is 0 Å². The first-order valence-electron chi connectivity index (χ1n) is 9.82. The lowest BCUT2D eigenvalue weighted by atomic mass is 10.1. The molecule has 0 saturated carbocycles. The molecule has 0 amide bonds. The molecule has 0 bridgehead atoms. The van der Waals surface area contributed by atoms with E-state index in [2.05, 4.69) is 9.47 Å². The lowest BCUT2D eigenvalue weighted by molar-refractivity contribution is -0.143. The first-order chi connectivity index (χ1) is 18.5. The van der Waals surface area contributed by atoms with E-state index in [0.29, 0.717) is 0 Å². The van der Waals surface area contributed by atoms with E-state index < -0.39 is 110 Å². The summed E-state index contributed by atoms with van der Waals surface area (Å²) < 4.78 is 228. The molecular formula is C21H6F16N2O2. The van der Waals surface area contributed by atoms with Crippen molar-refractivity contribution in [3.05, 3.63) is 69.5 Å². The fraction of sp³-hybridized carbons (Fsp3) is 0.143. The summed E-state index contributed by atoms with van der Waals surface area (Å²) in [6.45, 7) is 0. The number of halogens is 16. The normalized spacial score (nSPS) is 12.6. The van der Waals surface area contributed by atoms with Crippen LogP contribution < -0.4 is 20.9 Å². The number of hydrogen-bond donors (Lipinski definition) is 2. The van der Waals surface area contributed by atoms with Crippen LogP contribution in [0.1, 0.15) is 16.7 Å². The molecule has 0 aliphatic heterocycles. The predicted octanol–water partition coefficient (Wildman–Crippen LogP) is 8.47. The predicted molar refractivity (Wildman–Crippen MR) is 103 cm³/mol. The average molecular weight is 622 g/mol. The molecule has 3 aromatic rings. The van der Waals surface area contributed by atoms with Gasteiger partial charge in [0, 0.05) is 12.1 Å².